The van der Waals surface area contributed by atoms with Crippen molar-refractivity contribution >= 4 is 5.97 Å². The number of benzene rings is 1. The van der Waals surface area contributed by atoms with Gasteiger partial charge in [0, 0.05) is 0 Å². The van der Waals surface area contributed by atoms with Crippen molar-refractivity contribution in [2.24, 2.45) is 5.92 Å². The lowest BCUT2D eigenvalue weighted by atomic mass is 10.2. The van der Waals surface area contributed by atoms with Gasteiger partial charge in [-0.1, -0.05) is 0 Å². The van der Waals surface area contributed by atoms with Crippen molar-refractivity contribution in [1.29, 1.82) is 0 Å². The number of hydrogen-bond acceptors (Lipinski definition) is 2. The van der Waals surface area contributed by atoms with Crippen LogP contribution in [0.5, 0.6) is 5.75 Å². The Morgan fingerprint density at radius 3 is 2.62 bits per heavy atom. The molecule has 0 aliphatic heterocycles. The van der Waals surface area contributed by atoms with Crippen molar-refractivity contribution in [3.63, 3.8) is 0 Å². The molecular formula is C11H10F2O3. The first-order valence-electron chi connectivity index (χ1n) is 4.93. The molecule has 2 rings (SSSR count). The first-order chi connectivity index (χ1) is 7.59. The van der Waals surface area contributed by atoms with E-state index in [1.165, 1.54) is 0 Å². The fourth-order valence-corrected chi connectivity index (χ4v) is 1.30. The van der Waals surface area contributed by atoms with Crippen LogP contribution >= 0.6 is 0 Å². The summed E-state index contributed by atoms with van der Waals surface area (Å²) in [5.74, 6) is -3.91. The zero-order valence-corrected chi connectivity index (χ0v) is 8.37. The van der Waals surface area contributed by atoms with Gasteiger partial charge >= 0.3 is 5.97 Å². The van der Waals surface area contributed by atoms with Gasteiger partial charge in [0.1, 0.15) is 0 Å². The van der Waals surface area contributed by atoms with Crippen LogP contribution in [0.25, 0.3) is 0 Å². The Labute approximate surface area is 90.7 Å². The summed E-state index contributed by atoms with van der Waals surface area (Å²) in [6, 6.07) is 2.15. The highest BCUT2D eigenvalue weighted by molar-refractivity contribution is 5.88. The molecule has 3 nitrogen and oxygen atoms in total. The summed E-state index contributed by atoms with van der Waals surface area (Å²) in [6.45, 7) is 0.350. The number of halogens is 2. The van der Waals surface area contributed by atoms with E-state index in [0.717, 1.165) is 25.0 Å². The van der Waals surface area contributed by atoms with Crippen molar-refractivity contribution in [2.45, 2.75) is 12.8 Å². The van der Waals surface area contributed by atoms with Gasteiger partial charge in [-0.15, -0.1) is 0 Å². The lowest BCUT2D eigenvalue weighted by Crippen LogP contribution is -2.06. The third-order valence-corrected chi connectivity index (χ3v) is 2.45. The van der Waals surface area contributed by atoms with Crippen LogP contribution in [0.3, 0.4) is 0 Å². The van der Waals surface area contributed by atoms with E-state index in [0.29, 0.717) is 12.5 Å². The molecule has 0 spiro atoms. The topological polar surface area (TPSA) is 46.5 Å². The number of rotatable bonds is 4. The molecule has 1 aliphatic rings. The monoisotopic (exact) mass is 228 g/mol. The highest BCUT2D eigenvalue weighted by Crippen LogP contribution is 2.30. The molecule has 0 heterocycles. The second-order valence-electron chi connectivity index (χ2n) is 3.80. The lowest BCUT2D eigenvalue weighted by Gasteiger charge is -2.07. The molecule has 1 aliphatic carbocycles. The molecule has 1 fully saturated rings. The zero-order valence-electron chi connectivity index (χ0n) is 8.37. The van der Waals surface area contributed by atoms with E-state index in [4.69, 9.17) is 9.84 Å². The smallest absolute Gasteiger partial charge is 0.338 e. The van der Waals surface area contributed by atoms with Gasteiger partial charge < -0.3 is 9.84 Å². The van der Waals surface area contributed by atoms with E-state index < -0.39 is 23.2 Å². The number of carboxylic acid groups (broad SMARTS) is 1. The Balaban J connectivity index is 2.19. The normalized spacial score (nSPS) is 14.9. The molecule has 0 unspecified atom stereocenters. The first kappa shape index (κ1) is 10.9. The molecule has 1 aromatic rings. The quantitative estimate of drug-likeness (QED) is 0.860. The largest absolute Gasteiger partial charge is 0.490 e. The Morgan fingerprint density at radius 1 is 1.38 bits per heavy atom. The summed E-state index contributed by atoms with van der Waals surface area (Å²) >= 11 is 0. The van der Waals surface area contributed by atoms with Gasteiger partial charge in [0.05, 0.1) is 12.2 Å². The van der Waals surface area contributed by atoms with Crippen LogP contribution in [0.1, 0.15) is 23.2 Å². The minimum Gasteiger partial charge on any atom is -0.490 e. The van der Waals surface area contributed by atoms with Crippen LogP contribution in [0.2, 0.25) is 0 Å². The number of carbonyl (C=O) groups is 1. The van der Waals surface area contributed by atoms with Crippen molar-refractivity contribution in [3.8, 4) is 5.75 Å². The summed E-state index contributed by atoms with van der Waals surface area (Å²) in [7, 11) is 0. The van der Waals surface area contributed by atoms with Gasteiger partial charge in [0.2, 0.25) is 5.82 Å². The summed E-state index contributed by atoms with van der Waals surface area (Å²) in [5.41, 5.74) is -0.684. The van der Waals surface area contributed by atoms with Crippen molar-refractivity contribution < 1.29 is 23.4 Å². The van der Waals surface area contributed by atoms with Crippen molar-refractivity contribution in [2.75, 3.05) is 6.61 Å². The van der Waals surface area contributed by atoms with Crippen LogP contribution in [-0.2, 0) is 0 Å². The molecule has 86 valence electrons. The maximum absolute atomic E-state index is 13.3. The Bertz CT molecular complexity index is 427. The minimum absolute atomic E-state index is 0.227. The second kappa shape index (κ2) is 4.08. The van der Waals surface area contributed by atoms with Crippen LogP contribution in [0.4, 0.5) is 8.78 Å². The number of hydrogen-bond donors (Lipinski definition) is 1. The molecule has 0 atom stereocenters. The standard InChI is InChI=1S/C11H10F2O3/c12-9-7(11(14)15)3-4-8(10(9)13)16-5-6-1-2-6/h3-4,6H,1-2,5H2,(H,14,15). The number of carboxylic acids is 1. The van der Waals surface area contributed by atoms with Crippen LogP contribution in [0.15, 0.2) is 12.1 Å². The fraction of sp³-hybridized carbons (Fsp3) is 0.364. The molecule has 1 saturated carbocycles. The van der Waals surface area contributed by atoms with Crippen LogP contribution in [0, 0.1) is 17.6 Å². The molecule has 1 N–H and O–H groups in total. The Hall–Kier alpha value is -1.65. The Morgan fingerprint density at radius 2 is 2.06 bits per heavy atom. The van der Waals surface area contributed by atoms with E-state index in [2.05, 4.69) is 0 Å². The van der Waals surface area contributed by atoms with Gasteiger partial charge in [0.15, 0.2) is 11.6 Å². The van der Waals surface area contributed by atoms with Crippen LogP contribution < -0.4 is 4.74 Å². The average molecular weight is 228 g/mol. The van der Waals surface area contributed by atoms with Gasteiger partial charge in [-0.3, -0.25) is 0 Å². The average Bonchev–Trinajstić information content (AvgIpc) is 3.03. The van der Waals surface area contributed by atoms with Gasteiger partial charge in [-0.05, 0) is 30.9 Å². The fourth-order valence-electron chi connectivity index (χ4n) is 1.30. The van der Waals surface area contributed by atoms with E-state index in [-0.39, 0.29) is 5.75 Å². The highest BCUT2D eigenvalue weighted by Gasteiger charge is 2.24. The van der Waals surface area contributed by atoms with E-state index >= 15 is 0 Å². The molecule has 0 aromatic heterocycles. The summed E-state index contributed by atoms with van der Waals surface area (Å²) in [6.07, 6.45) is 2.08. The van der Waals surface area contributed by atoms with E-state index in [9.17, 15) is 13.6 Å². The number of aromatic carboxylic acids is 1. The molecular weight excluding hydrogens is 218 g/mol. The lowest BCUT2D eigenvalue weighted by molar-refractivity contribution is 0.0690. The highest BCUT2D eigenvalue weighted by atomic mass is 19.2. The summed E-state index contributed by atoms with van der Waals surface area (Å²) in [4.78, 5) is 10.5. The molecule has 16 heavy (non-hydrogen) atoms. The minimum atomic E-state index is -1.50. The summed E-state index contributed by atoms with van der Waals surface area (Å²) in [5, 5.41) is 8.56. The molecule has 0 saturated heterocycles. The zero-order chi connectivity index (χ0) is 11.7. The van der Waals surface area contributed by atoms with Gasteiger partial charge in [0.25, 0.3) is 0 Å². The third kappa shape index (κ3) is 2.13. The first-order valence-corrected chi connectivity index (χ1v) is 4.93. The molecule has 5 heteroatoms. The van der Waals surface area contributed by atoms with E-state index in [1.54, 1.807) is 0 Å². The molecule has 0 bridgehead atoms. The van der Waals surface area contributed by atoms with Gasteiger partial charge in [-0.2, -0.15) is 4.39 Å². The Kier molecular flexibility index (Phi) is 2.77. The van der Waals surface area contributed by atoms with Crippen molar-refractivity contribution in [3.05, 3.63) is 29.3 Å². The summed E-state index contributed by atoms with van der Waals surface area (Å²) < 4.78 is 31.6. The predicted molar refractivity (Wildman–Crippen MR) is 51.5 cm³/mol. The molecule has 0 radical (unpaired) electrons. The SMILES string of the molecule is O=C(O)c1ccc(OCC2CC2)c(F)c1F. The van der Waals surface area contributed by atoms with Gasteiger partial charge in [-0.25, -0.2) is 9.18 Å². The molecule has 0 amide bonds. The third-order valence-electron chi connectivity index (χ3n) is 2.45. The maximum atomic E-state index is 13.3. The van der Waals surface area contributed by atoms with Crippen LogP contribution in [-0.4, -0.2) is 17.7 Å². The second-order valence-corrected chi connectivity index (χ2v) is 3.80. The van der Waals surface area contributed by atoms with Crippen molar-refractivity contribution in [1.82, 2.24) is 0 Å². The molecule has 1 aromatic carbocycles. The number of ether oxygens (including phenoxy) is 1. The van der Waals surface area contributed by atoms with E-state index in [1.807, 2.05) is 0 Å². The maximum Gasteiger partial charge on any atom is 0.338 e. The predicted octanol–water partition coefficient (Wildman–Crippen LogP) is 2.45.